The van der Waals surface area contributed by atoms with Crippen LogP contribution in [0.2, 0.25) is 0 Å². The highest BCUT2D eigenvalue weighted by molar-refractivity contribution is 5.52. The number of hydrogen-bond donors (Lipinski definition) is 2. The lowest BCUT2D eigenvalue weighted by Gasteiger charge is -1.98. The van der Waals surface area contributed by atoms with E-state index in [4.69, 9.17) is 5.73 Å². The molecule has 3 N–H and O–H groups in total. The normalized spacial score (nSPS) is 10.9. The molecular weight excluding hydrogens is 164 g/mol. The lowest BCUT2D eigenvalue weighted by Crippen LogP contribution is -1.95. The molecule has 0 amide bonds. The van der Waals surface area contributed by atoms with Crippen LogP contribution in [0.25, 0.3) is 6.08 Å². The van der Waals surface area contributed by atoms with Gasteiger partial charge in [0, 0.05) is 5.69 Å². The van der Waals surface area contributed by atoms with Crippen molar-refractivity contribution in [3.8, 4) is 5.75 Å². The van der Waals surface area contributed by atoms with Gasteiger partial charge in [-0.1, -0.05) is 6.08 Å². The van der Waals surface area contributed by atoms with Crippen molar-refractivity contribution < 1.29 is 5.11 Å². The Labute approximate surface area is 77.9 Å². The SMILES string of the molecule is Cc1ccc(O)c(C=CCCN)n1. The minimum atomic E-state index is 0.207. The molecule has 0 saturated carbocycles. The number of pyridine rings is 1. The highest BCUT2D eigenvalue weighted by atomic mass is 16.3. The van der Waals surface area contributed by atoms with Crippen LogP contribution in [0.15, 0.2) is 18.2 Å². The highest BCUT2D eigenvalue weighted by Crippen LogP contribution is 2.15. The monoisotopic (exact) mass is 178 g/mol. The first-order chi connectivity index (χ1) is 6.24. The average molecular weight is 178 g/mol. The summed E-state index contributed by atoms with van der Waals surface area (Å²) >= 11 is 0. The van der Waals surface area contributed by atoms with E-state index < -0.39 is 0 Å². The first-order valence-electron chi connectivity index (χ1n) is 4.27. The van der Waals surface area contributed by atoms with Crippen LogP contribution in [0.1, 0.15) is 17.8 Å². The molecule has 0 atom stereocenters. The van der Waals surface area contributed by atoms with E-state index >= 15 is 0 Å². The largest absolute Gasteiger partial charge is 0.506 e. The van der Waals surface area contributed by atoms with Crippen LogP contribution in [0.5, 0.6) is 5.75 Å². The van der Waals surface area contributed by atoms with E-state index in [1.165, 1.54) is 0 Å². The van der Waals surface area contributed by atoms with Crippen LogP contribution in [0.3, 0.4) is 0 Å². The quantitative estimate of drug-likeness (QED) is 0.736. The van der Waals surface area contributed by atoms with E-state index in [2.05, 4.69) is 4.98 Å². The third kappa shape index (κ3) is 2.87. The predicted octanol–water partition coefficient (Wildman–Crippen LogP) is 1.46. The third-order valence-electron chi connectivity index (χ3n) is 1.65. The number of aromatic hydroxyl groups is 1. The van der Waals surface area contributed by atoms with Crippen LogP contribution in [-0.4, -0.2) is 16.6 Å². The van der Waals surface area contributed by atoms with Gasteiger partial charge < -0.3 is 10.8 Å². The van der Waals surface area contributed by atoms with E-state index in [-0.39, 0.29) is 5.75 Å². The second kappa shape index (κ2) is 4.62. The summed E-state index contributed by atoms with van der Waals surface area (Å²) in [5.74, 6) is 0.207. The molecule has 0 unspecified atom stereocenters. The Hall–Kier alpha value is -1.35. The van der Waals surface area contributed by atoms with Crippen molar-refractivity contribution in [1.82, 2.24) is 4.98 Å². The Balaban J connectivity index is 2.81. The Morgan fingerprint density at radius 3 is 3.00 bits per heavy atom. The van der Waals surface area contributed by atoms with Gasteiger partial charge in [-0.15, -0.1) is 0 Å². The Kier molecular flexibility index (Phi) is 3.46. The molecule has 70 valence electrons. The van der Waals surface area contributed by atoms with E-state index in [0.717, 1.165) is 12.1 Å². The van der Waals surface area contributed by atoms with Crippen molar-refractivity contribution >= 4 is 6.08 Å². The number of aryl methyl sites for hydroxylation is 1. The van der Waals surface area contributed by atoms with E-state index in [1.54, 1.807) is 18.2 Å². The number of nitrogens with two attached hydrogens (primary N) is 1. The molecule has 1 heterocycles. The topological polar surface area (TPSA) is 59.1 Å². The smallest absolute Gasteiger partial charge is 0.141 e. The van der Waals surface area contributed by atoms with E-state index in [0.29, 0.717) is 12.2 Å². The number of rotatable bonds is 3. The molecule has 0 saturated heterocycles. The van der Waals surface area contributed by atoms with E-state index in [1.807, 2.05) is 13.0 Å². The van der Waals surface area contributed by atoms with E-state index in [9.17, 15) is 5.11 Å². The molecule has 1 aromatic rings. The number of aromatic nitrogens is 1. The minimum absolute atomic E-state index is 0.207. The molecule has 0 fully saturated rings. The van der Waals surface area contributed by atoms with Crippen molar-refractivity contribution in [2.75, 3.05) is 6.54 Å². The van der Waals surface area contributed by atoms with Gasteiger partial charge in [-0.05, 0) is 38.1 Å². The summed E-state index contributed by atoms with van der Waals surface area (Å²) in [5, 5.41) is 9.39. The average Bonchev–Trinajstić information content (AvgIpc) is 2.11. The zero-order valence-corrected chi connectivity index (χ0v) is 7.70. The van der Waals surface area contributed by atoms with Crippen molar-refractivity contribution in [3.63, 3.8) is 0 Å². The lowest BCUT2D eigenvalue weighted by molar-refractivity contribution is 0.470. The summed E-state index contributed by atoms with van der Waals surface area (Å²) < 4.78 is 0. The lowest BCUT2D eigenvalue weighted by atomic mass is 10.2. The van der Waals surface area contributed by atoms with Crippen LogP contribution >= 0.6 is 0 Å². The number of hydrogen-bond acceptors (Lipinski definition) is 3. The Morgan fingerprint density at radius 2 is 2.31 bits per heavy atom. The van der Waals surface area contributed by atoms with Crippen molar-refractivity contribution in [1.29, 1.82) is 0 Å². The summed E-state index contributed by atoms with van der Waals surface area (Å²) in [5.41, 5.74) is 6.83. The summed E-state index contributed by atoms with van der Waals surface area (Å²) in [4.78, 5) is 4.17. The van der Waals surface area contributed by atoms with Gasteiger partial charge in [0.25, 0.3) is 0 Å². The summed E-state index contributed by atoms with van der Waals surface area (Å²) in [6, 6.07) is 3.42. The van der Waals surface area contributed by atoms with Crippen molar-refractivity contribution in [3.05, 3.63) is 29.6 Å². The van der Waals surface area contributed by atoms with Crippen LogP contribution in [0, 0.1) is 6.92 Å². The maximum Gasteiger partial charge on any atom is 0.141 e. The zero-order valence-electron chi connectivity index (χ0n) is 7.70. The third-order valence-corrected chi connectivity index (χ3v) is 1.65. The van der Waals surface area contributed by atoms with Crippen LogP contribution in [-0.2, 0) is 0 Å². The first kappa shape index (κ1) is 9.74. The molecular formula is C10H14N2O. The fourth-order valence-electron chi connectivity index (χ4n) is 0.983. The minimum Gasteiger partial charge on any atom is -0.506 e. The van der Waals surface area contributed by atoms with Crippen molar-refractivity contribution in [2.24, 2.45) is 5.73 Å². The van der Waals surface area contributed by atoms with Gasteiger partial charge in [0.1, 0.15) is 11.4 Å². The molecule has 1 aromatic heterocycles. The maximum atomic E-state index is 9.39. The highest BCUT2D eigenvalue weighted by Gasteiger charge is 1.97. The maximum absolute atomic E-state index is 9.39. The molecule has 13 heavy (non-hydrogen) atoms. The van der Waals surface area contributed by atoms with Gasteiger partial charge in [-0.2, -0.15) is 0 Å². The van der Waals surface area contributed by atoms with Crippen LogP contribution < -0.4 is 5.73 Å². The molecule has 0 radical (unpaired) electrons. The second-order valence-corrected chi connectivity index (χ2v) is 2.84. The molecule has 0 aliphatic rings. The van der Waals surface area contributed by atoms with Gasteiger partial charge >= 0.3 is 0 Å². The van der Waals surface area contributed by atoms with Gasteiger partial charge in [0.2, 0.25) is 0 Å². The molecule has 1 rings (SSSR count). The Bertz CT molecular complexity index is 308. The fraction of sp³-hybridized carbons (Fsp3) is 0.300. The van der Waals surface area contributed by atoms with Gasteiger partial charge in [0.15, 0.2) is 0 Å². The second-order valence-electron chi connectivity index (χ2n) is 2.84. The molecule has 3 heteroatoms. The summed E-state index contributed by atoms with van der Waals surface area (Å²) in [6.07, 6.45) is 4.49. The molecule has 0 aliphatic heterocycles. The first-order valence-corrected chi connectivity index (χ1v) is 4.27. The zero-order chi connectivity index (χ0) is 9.68. The van der Waals surface area contributed by atoms with Gasteiger partial charge in [-0.3, -0.25) is 0 Å². The fourth-order valence-corrected chi connectivity index (χ4v) is 0.983. The molecule has 0 bridgehead atoms. The summed E-state index contributed by atoms with van der Waals surface area (Å²) in [6.45, 7) is 2.50. The molecule has 0 aromatic carbocycles. The summed E-state index contributed by atoms with van der Waals surface area (Å²) in [7, 11) is 0. The van der Waals surface area contributed by atoms with Crippen LogP contribution in [0.4, 0.5) is 0 Å². The molecule has 0 aliphatic carbocycles. The number of nitrogens with zero attached hydrogens (tertiary/aromatic N) is 1. The van der Waals surface area contributed by atoms with Gasteiger partial charge in [0.05, 0.1) is 0 Å². The standard InChI is InChI=1S/C10H14N2O/c1-8-5-6-10(13)9(12-8)4-2-3-7-11/h2,4-6,13H,3,7,11H2,1H3. The van der Waals surface area contributed by atoms with Crippen molar-refractivity contribution in [2.45, 2.75) is 13.3 Å². The molecule has 3 nitrogen and oxygen atoms in total. The predicted molar refractivity (Wildman–Crippen MR) is 53.3 cm³/mol. The van der Waals surface area contributed by atoms with Gasteiger partial charge in [-0.25, -0.2) is 4.98 Å². The Morgan fingerprint density at radius 1 is 1.54 bits per heavy atom. The molecule has 0 spiro atoms.